The zero-order valence-electron chi connectivity index (χ0n) is 18.3. The molecule has 2 aromatic carbocycles. The van der Waals surface area contributed by atoms with Crippen LogP contribution in [0, 0.1) is 11.8 Å². The Morgan fingerprint density at radius 2 is 1.52 bits per heavy atom. The molecule has 1 N–H and O–H groups in total. The first-order valence-corrected chi connectivity index (χ1v) is 10.8. The second kappa shape index (κ2) is 9.15. The number of Topliss-reactive ketones (excluding diaryl/α,β-unsaturated/α-hetero) is 1. The fraction of sp³-hybridized carbons (Fsp3) is 0.360. The van der Waals surface area contributed by atoms with Crippen molar-refractivity contribution in [2.75, 3.05) is 7.05 Å². The highest BCUT2D eigenvalue weighted by molar-refractivity contribution is 6.00. The van der Waals surface area contributed by atoms with E-state index in [2.05, 4.69) is 0 Å². The summed E-state index contributed by atoms with van der Waals surface area (Å²) in [5.74, 6) is -4.72. The molecule has 2 aliphatic heterocycles. The van der Waals surface area contributed by atoms with Crippen LogP contribution in [0.5, 0.6) is 5.75 Å². The summed E-state index contributed by atoms with van der Waals surface area (Å²) >= 11 is 0. The van der Waals surface area contributed by atoms with Crippen LogP contribution in [-0.4, -0.2) is 58.9 Å². The fourth-order valence-electron chi connectivity index (χ4n) is 5.16. The number of carbonyl (C=O) groups excluding carboxylic acids is 3. The van der Waals surface area contributed by atoms with Gasteiger partial charge < -0.3 is 14.6 Å². The number of para-hydroxylation sites is 1. The first-order chi connectivity index (χ1) is 15.8. The van der Waals surface area contributed by atoms with Crippen LogP contribution in [0.25, 0.3) is 0 Å². The van der Waals surface area contributed by atoms with Gasteiger partial charge in [-0.3, -0.25) is 19.3 Å². The smallest absolute Gasteiger partial charge is 0.342 e. The van der Waals surface area contributed by atoms with Crippen LogP contribution in [0.1, 0.15) is 40.5 Å². The van der Waals surface area contributed by atoms with Gasteiger partial charge in [0, 0.05) is 24.6 Å². The summed E-state index contributed by atoms with van der Waals surface area (Å²) in [6.45, 7) is 1.21. The Morgan fingerprint density at radius 3 is 2.15 bits per heavy atom. The lowest BCUT2D eigenvalue weighted by atomic mass is 9.76. The van der Waals surface area contributed by atoms with E-state index in [9.17, 15) is 24.3 Å². The molecule has 2 saturated heterocycles. The van der Waals surface area contributed by atoms with Crippen molar-refractivity contribution in [3.05, 3.63) is 65.7 Å². The molecule has 8 heteroatoms. The molecule has 0 amide bonds. The molecule has 1 unspecified atom stereocenters. The maximum atomic E-state index is 13.6. The van der Waals surface area contributed by atoms with Gasteiger partial charge in [-0.05, 0) is 32.0 Å². The fourth-order valence-corrected chi connectivity index (χ4v) is 5.16. The predicted molar refractivity (Wildman–Crippen MR) is 117 cm³/mol. The third kappa shape index (κ3) is 4.26. The largest absolute Gasteiger partial charge is 0.481 e. The predicted octanol–water partition coefficient (Wildman–Crippen LogP) is 2.81. The van der Waals surface area contributed by atoms with Crippen molar-refractivity contribution >= 4 is 23.7 Å². The van der Waals surface area contributed by atoms with Gasteiger partial charge in [-0.2, -0.15) is 0 Å². The van der Waals surface area contributed by atoms with E-state index in [-0.39, 0.29) is 29.2 Å². The molecule has 0 radical (unpaired) electrons. The van der Waals surface area contributed by atoms with Gasteiger partial charge in [-0.15, -0.1) is 0 Å². The molecule has 5 atom stereocenters. The van der Waals surface area contributed by atoms with Crippen molar-refractivity contribution in [1.82, 2.24) is 4.90 Å². The highest BCUT2D eigenvalue weighted by atomic mass is 16.6. The number of nitrogens with zero attached hydrogens (tertiary/aromatic N) is 1. The minimum Gasteiger partial charge on any atom is -0.481 e. The van der Waals surface area contributed by atoms with E-state index in [0.29, 0.717) is 18.4 Å². The lowest BCUT2D eigenvalue weighted by Gasteiger charge is -2.45. The number of rotatable bonds is 6. The third-order valence-electron chi connectivity index (χ3n) is 6.59. The van der Waals surface area contributed by atoms with Crippen LogP contribution >= 0.6 is 0 Å². The average Bonchev–Trinajstić information content (AvgIpc) is 3.05. The summed E-state index contributed by atoms with van der Waals surface area (Å²) in [5.41, 5.74) is 0.431. The quantitative estimate of drug-likeness (QED) is 0.406. The van der Waals surface area contributed by atoms with Gasteiger partial charge in [0.05, 0.1) is 5.92 Å². The lowest BCUT2D eigenvalue weighted by Crippen LogP contribution is -2.60. The van der Waals surface area contributed by atoms with E-state index >= 15 is 0 Å². The van der Waals surface area contributed by atoms with E-state index in [0.717, 1.165) is 0 Å². The molecule has 33 heavy (non-hydrogen) atoms. The van der Waals surface area contributed by atoms with E-state index in [1.807, 2.05) is 11.9 Å². The monoisotopic (exact) mass is 451 g/mol. The molecule has 2 heterocycles. The number of hydrogen-bond acceptors (Lipinski definition) is 7. The van der Waals surface area contributed by atoms with Gasteiger partial charge in [-0.25, -0.2) is 4.79 Å². The molecule has 8 nitrogen and oxygen atoms in total. The van der Waals surface area contributed by atoms with E-state index in [4.69, 9.17) is 9.47 Å². The van der Waals surface area contributed by atoms with Crippen LogP contribution < -0.4 is 4.74 Å². The van der Waals surface area contributed by atoms with E-state index in [1.54, 1.807) is 42.5 Å². The van der Waals surface area contributed by atoms with Crippen LogP contribution in [0.15, 0.2) is 54.6 Å². The second-order valence-corrected chi connectivity index (χ2v) is 8.46. The SMILES string of the molecule is CC(=O)Oc1ccccc1C(=O)O[C@H]1C(C(=O)c2ccccc2)[C@@H]2CC[C@H]([C@H]1C(=O)O)N2C. The summed E-state index contributed by atoms with van der Waals surface area (Å²) in [4.78, 5) is 52.4. The topological polar surface area (TPSA) is 110 Å². The van der Waals surface area contributed by atoms with E-state index in [1.165, 1.54) is 19.1 Å². The van der Waals surface area contributed by atoms with Crippen LogP contribution in [0.4, 0.5) is 0 Å². The molecule has 172 valence electrons. The van der Waals surface area contributed by atoms with Crippen molar-refractivity contribution in [3.8, 4) is 5.75 Å². The maximum absolute atomic E-state index is 13.6. The van der Waals surface area contributed by atoms with Crippen LogP contribution in [0.2, 0.25) is 0 Å². The van der Waals surface area contributed by atoms with Gasteiger partial charge in [-0.1, -0.05) is 42.5 Å². The minimum atomic E-state index is -1.17. The maximum Gasteiger partial charge on any atom is 0.342 e. The molecule has 2 fully saturated rings. The average molecular weight is 451 g/mol. The summed E-state index contributed by atoms with van der Waals surface area (Å²) in [6.07, 6.45) is 0.0583. The number of fused-ring (bicyclic) bond motifs is 2. The molecule has 2 aliphatic rings. The van der Waals surface area contributed by atoms with Crippen molar-refractivity contribution in [2.45, 2.75) is 38.0 Å². The molecular formula is C25H25NO7. The molecule has 2 bridgehead atoms. The number of carbonyl (C=O) groups is 4. The normalized spacial score (nSPS) is 26.4. The summed E-state index contributed by atoms with van der Waals surface area (Å²) in [6, 6.07) is 14.1. The van der Waals surface area contributed by atoms with Crippen molar-refractivity contribution in [1.29, 1.82) is 0 Å². The van der Waals surface area contributed by atoms with Crippen molar-refractivity contribution in [2.24, 2.45) is 11.8 Å². The number of benzene rings is 2. The van der Waals surface area contributed by atoms with Gasteiger partial charge >= 0.3 is 17.9 Å². The number of carboxylic acid groups (broad SMARTS) is 1. The van der Waals surface area contributed by atoms with Gasteiger partial charge in [0.25, 0.3) is 0 Å². The summed E-state index contributed by atoms with van der Waals surface area (Å²) in [7, 11) is 1.82. The molecule has 2 aromatic rings. The van der Waals surface area contributed by atoms with Crippen LogP contribution in [0.3, 0.4) is 0 Å². The number of ketones is 1. The number of aliphatic carboxylic acids is 1. The Morgan fingerprint density at radius 1 is 0.909 bits per heavy atom. The Kier molecular flexibility index (Phi) is 6.29. The zero-order valence-corrected chi connectivity index (χ0v) is 18.3. The Bertz CT molecular complexity index is 1080. The number of esters is 2. The highest BCUT2D eigenvalue weighted by Gasteiger charge is 2.58. The van der Waals surface area contributed by atoms with E-state index < -0.39 is 35.8 Å². The number of ether oxygens (including phenoxy) is 2. The molecule has 0 aliphatic carbocycles. The standard InChI is InChI=1S/C25H25NO7/c1-14(27)32-19-11-7-6-10-16(19)25(31)33-23-20(22(28)15-8-4-3-5-9-15)17-12-13-18(26(17)2)21(23)24(29)30/h3-11,17-18,20-21,23H,12-13H2,1-2H3,(H,29,30)/t17-,18+,20?,21+,23-/m0/s1. The first-order valence-electron chi connectivity index (χ1n) is 10.8. The Labute approximate surface area is 191 Å². The van der Waals surface area contributed by atoms with Crippen LogP contribution in [-0.2, 0) is 14.3 Å². The summed E-state index contributed by atoms with van der Waals surface area (Å²) in [5, 5.41) is 10.1. The number of piperidine rings is 1. The van der Waals surface area contributed by atoms with Gasteiger partial charge in [0.2, 0.25) is 0 Å². The highest BCUT2D eigenvalue weighted by Crippen LogP contribution is 2.44. The molecule has 0 spiro atoms. The summed E-state index contributed by atoms with van der Waals surface area (Å²) < 4.78 is 10.9. The molecule has 4 rings (SSSR count). The van der Waals surface area contributed by atoms with Gasteiger partial charge in [0.15, 0.2) is 5.78 Å². The third-order valence-corrected chi connectivity index (χ3v) is 6.59. The van der Waals surface area contributed by atoms with Crippen molar-refractivity contribution < 1.29 is 33.8 Å². The number of hydrogen-bond donors (Lipinski definition) is 1. The minimum absolute atomic E-state index is 0.00553. The van der Waals surface area contributed by atoms with Gasteiger partial charge in [0.1, 0.15) is 23.3 Å². The molecule has 0 saturated carbocycles. The molecular weight excluding hydrogens is 426 g/mol. The van der Waals surface area contributed by atoms with Crippen molar-refractivity contribution in [3.63, 3.8) is 0 Å². The zero-order chi connectivity index (χ0) is 23.7. The Hall–Kier alpha value is -3.52. The molecule has 0 aromatic heterocycles. The second-order valence-electron chi connectivity index (χ2n) is 8.46. The lowest BCUT2D eigenvalue weighted by molar-refractivity contribution is -0.154. The Balaban J connectivity index is 1.73. The number of carboxylic acids is 1. The first kappa shape index (κ1) is 22.7.